The van der Waals surface area contributed by atoms with Crippen molar-refractivity contribution in [2.75, 3.05) is 0 Å². The fourth-order valence-corrected chi connectivity index (χ4v) is 3.05. The quantitative estimate of drug-likeness (QED) is 0.760. The number of carbonyl (C=O) groups is 1. The predicted molar refractivity (Wildman–Crippen MR) is 91.0 cm³/mol. The van der Waals surface area contributed by atoms with Crippen LogP contribution in [0.2, 0.25) is 0 Å². The van der Waals surface area contributed by atoms with Gasteiger partial charge in [-0.05, 0) is 43.9 Å². The molecular weight excluding hydrogens is 359 g/mol. The van der Waals surface area contributed by atoms with Crippen molar-refractivity contribution in [3.05, 3.63) is 48.3 Å². The highest BCUT2D eigenvalue weighted by molar-refractivity contribution is 5.98. The second kappa shape index (κ2) is 6.33. The molecule has 27 heavy (non-hydrogen) atoms. The van der Waals surface area contributed by atoms with Gasteiger partial charge in [-0.2, -0.15) is 13.2 Å². The molecule has 1 aliphatic carbocycles. The van der Waals surface area contributed by atoms with E-state index in [-0.39, 0.29) is 11.3 Å². The number of rotatable bonds is 4. The average Bonchev–Trinajstić information content (AvgIpc) is 3.37. The summed E-state index contributed by atoms with van der Waals surface area (Å²) >= 11 is 0. The minimum absolute atomic E-state index is 0.126. The van der Waals surface area contributed by atoms with Crippen molar-refractivity contribution in [1.82, 2.24) is 24.7 Å². The molecule has 4 rings (SSSR count). The lowest BCUT2D eigenvalue weighted by Gasteiger charge is -2.20. The van der Waals surface area contributed by atoms with Crippen molar-refractivity contribution in [3.8, 4) is 11.3 Å². The maximum absolute atomic E-state index is 13.2. The van der Waals surface area contributed by atoms with Crippen LogP contribution in [0.25, 0.3) is 16.9 Å². The Morgan fingerprint density at radius 2 is 2.15 bits per heavy atom. The van der Waals surface area contributed by atoms with Crippen LogP contribution in [-0.2, 0) is 0 Å². The van der Waals surface area contributed by atoms with Crippen molar-refractivity contribution in [2.24, 2.45) is 5.92 Å². The standard InChI is InChI=1S/C18H16F3N5O/c1-10-7-13(12-3-2-6-22-8-12)24-16-14(23-9-26(10)16)17(27)25-15(11-4-5-11)18(19,20)21/h2-3,6-9,11,15H,4-5H2,1H3,(H,25,27). The first kappa shape index (κ1) is 17.4. The molecule has 0 saturated heterocycles. The number of carbonyl (C=O) groups excluding carboxylic acids is 1. The number of fused-ring (bicyclic) bond motifs is 1. The van der Waals surface area contributed by atoms with Crippen LogP contribution in [0.3, 0.4) is 0 Å². The molecule has 9 heteroatoms. The molecule has 3 heterocycles. The van der Waals surface area contributed by atoms with Gasteiger partial charge in [0, 0.05) is 23.7 Å². The normalized spacial score (nSPS) is 15.7. The number of halogens is 3. The lowest BCUT2D eigenvalue weighted by atomic mass is 10.1. The average molecular weight is 375 g/mol. The van der Waals surface area contributed by atoms with E-state index < -0.39 is 24.0 Å². The van der Waals surface area contributed by atoms with E-state index in [1.807, 2.05) is 6.07 Å². The summed E-state index contributed by atoms with van der Waals surface area (Å²) in [6, 6.07) is 3.51. The van der Waals surface area contributed by atoms with Crippen LogP contribution < -0.4 is 5.32 Å². The van der Waals surface area contributed by atoms with Gasteiger partial charge in [0.15, 0.2) is 11.3 Å². The van der Waals surface area contributed by atoms with E-state index >= 15 is 0 Å². The van der Waals surface area contributed by atoms with Crippen LogP contribution in [0.4, 0.5) is 13.2 Å². The zero-order valence-corrected chi connectivity index (χ0v) is 14.4. The fraction of sp³-hybridized carbons (Fsp3) is 0.333. The summed E-state index contributed by atoms with van der Waals surface area (Å²) in [5, 5.41) is 2.10. The van der Waals surface area contributed by atoms with Gasteiger partial charge in [0.25, 0.3) is 5.91 Å². The van der Waals surface area contributed by atoms with Gasteiger partial charge in [0.2, 0.25) is 0 Å². The molecule has 6 nitrogen and oxygen atoms in total. The van der Waals surface area contributed by atoms with E-state index in [4.69, 9.17) is 0 Å². The van der Waals surface area contributed by atoms with Crippen molar-refractivity contribution in [1.29, 1.82) is 0 Å². The van der Waals surface area contributed by atoms with Gasteiger partial charge in [-0.15, -0.1) is 0 Å². The molecule has 0 spiro atoms. The van der Waals surface area contributed by atoms with Gasteiger partial charge < -0.3 is 5.32 Å². The Morgan fingerprint density at radius 1 is 1.37 bits per heavy atom. The smallest absolute Gasteiger partial charge is 0.339 e. The molecule has 1 fully saturated rings. The molecule has 1 saturated carbocycles. The number of aryl methyl sites for hydroxylation is 1. The van der Waals surface area contributed by atoms with Crippen molar-refractivity contribution in [2.45, 2.75) is 32.0 Å². The summed E-state index contributed by atoms with van der Waals surface area (Å²) in [5.41, 5.74) is 2.14. The van der Waals surface area contributed by atoms with Crippen molar-refractivity contribution < 1.29 is 18.0 Å². The molecule has 1 atom stereocenters. The summed E-state index contributed by atoms with van der Waals surface area (Å²) in [5.74, 6) is -1.44. The topological polar surface area (TPSA) is 72.2 Å². The Kier molecular flexibility index (Phi) is 4.09. The number of aromatic nitrogens is 4. The molecular formula is C18H16F3N5O. The SMILES string of the molecule is Cc1cc(-c2cccnc2)nc2c(C(=O)NC(C3CC3)C(F)(F)F)ncn12. The third-order valence-electron chi connectivity index (χ3n) is 4.60. The Balaban J connectivity index is 1.71. The van der Waals surface area contributed by atoms with Crippen molar-refractivity contribution in [3.63, 3.8) is 0 Å². The first-order valence-electron chi connectivity index (χ1n) is 8.47. The molecule has 0 bridgehead atoms. The first-order valence-corrected chi connectivity index (χ1v) is 8.47. The zero-order valence-electron chi connectivity index (χ0n) is 14.4. The first-order chi connectivity index (χ1) is 12.8. The Bertz CT molecular complexity index is 995. The maximum atomic E-state index is 13.2. The molecule has 3 aromatic rings. The number of pyridine rings is 1. The summed E-state index contributed by atoms with van der Waals surface area (Å²) in [7, 11) is 0. The second-order valence-corrected chi connectivity index (χ2v) is 6.64. The van der Waals surface area contributed by atoms with E-state index in [9.17, 15) is 18.0 Å². The number of nitrogens with zero attached hydrogens (tertiary/aromatic N) is 4. The van der Waals surface area contributed by atoms with Gasteiger partial charge in [-0.25, -0.2) is 9.97 Å². The lowest BCUT2D eigenvalue weighted by Crippen LogP contribution is -2.47. The molecule has 140 valence electrons. The van der Waals surface area contributed by atoms with Crippen LogP contribution in [0.1, 0.15) is 29.0 Å². The fourth-order valence-electron chi connectivity index (χ4n) is 3.05. The molecule has 1 aliphatic rings. The Hall–Kier alpha value is -2.97. The minimum atomic E-state index is -4.49. The lowest BCUT2D eigenvalue weighted by molar-refractivity contribution is -0.158. The number of hydrogen-bond acceptors (Lipinski definition) is 4. The molecule has 1 amide bonds. The highest BCUT2D eigenvalue weighted by Gasteiger charge is 2.50. The van der Waals surface area contributed by atoms with Crippen LogP contribution in [0.15, 0.2) is 36.9 Å². The Morgan fingerprint density at radius 3 is 2.78 bits per heavy atom. The van der Waals surface area contributed by atoms with Gasteiger partial charge in [0.1, 0.15) is 12.4 Å². The van der Waals surface area contributed by atoms with Crippen LogP contribution >= 0.6 is 0 Å². The van der Waals surface area contributed by atoms with Gasteiger partial charge in [-0.3, -0.25) is 14.2 Å². The number of hydrogen-bond donors (Lipinski definition) is 1. The highest BCUT2D eigenvalue weighted by atomic mass is 19.4. The summed E-state index contributed by atoms with van der Waals surface area (Å²) in [6.45, 7) is 1.81. The molecule has 3 aromatic heterocycles. The number of amides is 1. The third-order valence-corrected chi connectivity index (χ3v) is 4.60. The molecule has 0 aromatic carbocycles. The monoisotopic (exact) mass is 375 g/mol. The number of alkyl halides is 3. The van der Waals surface area contributed by atoms with Crippen molar-refractivity contribution >= 4 is 11.6 Å². The van der Waals surface area contributed by atoms with E-state index in [0.29, 0.717) is 18.5 Å². The summed E-state index contributed by atoms with van der Waals surface area (Å²) < 4.78 is 41.2. The highest BCUT2D eigenvalue weighted by Crippen LogP contribution is 2.40. The zero-order chi connectivity index (χ0) is 19.2. The number of imidazole rings is 1. The van der Waals surface area contributed by atoms with E-state index in [2.05, 4.69) is 20.3 Å². The molecule has 1 N–H and O–H groups in total. The van der Waals surface area contributed by atoms with Crippen LogP contribution in [0, 0.1) is 12.8 Å². The maximum Gasteiger partial charge on any atom is 0.408 e. The van der Waals surface area contributed by atoms with Crippen LogP contribution in [-0.4, -0.2) is 37.5 Å². The largest absolute Gasteiger partial charge is 0.408 e. The summed E-state index contributed by atoms with van der Waals surface area (Å²) in [6.07, 6.45) is 1.06. The van der Waals surface area contributed by atoms with Crippen LogP contribution in [0.5, 0.6) is 0 Å². The predicted octanol–water partition coefficient (Wildman–Crippen LogP) is 3.17. The van der Waals surface area contributed by atoms with E-state index in [1.54, 1.807) is 35.9 Å². The number of nitrogens with one attached hydrogen (secondary N) is 1. The van der Waals surface area contributed by atoms with Gasteiger partial charge >= 0.3 is 6.18 Å². The third kappa shape index (κ3) is 3.36. The van der Waals surface area contributed by atoms with E-state index in [0.717, 1.165) is 11.3 Å². The molecule has 0 aliphatic heterocycles. The second-order valence-electron chi connectivity index (χ2n) is 6.64. The van der Waals surface area contributed by atoms with E-state index in [1.165, 1.54) is 6.33 Å². The summed E-state index contributed by atoms with van der Waals surface area (Å²) in [4.78, 5) is 25.0. The van der Waals surface area contributed by atoms with Gasteiger partial charge in [-0.1, -0.05) is 0 Å². The van der Waals surface area contributed by atoms with Gasteiger partial charge in [0.05, 0.1) is 5.69 Å². The molecule has 1 unspecified atom stereocenters. The minimum Gasteiger partial charge on any atom is -0.339 e. The molecule has 0 radical (unpaired) electrons. The Labute approximate surface area is 152 Å².